The summed E-state index contributed by atoms with van der Waals surface area (Å²) in [7, 11) is 0. The molecular formula is C63H105N3O47. The van der Waals surface area contributed by atoms with E-state index in [4.69, 9.17) is 80.5 Å². The Morgan fingerprint density at radius 2 is 0.770 bits per heavy atom. The molecule has 46 atom stereocenters. The highest BCUT2D eigenvalue weighted by Gasteiger charge is 2.63. The summed E-state index contributed by atoms with van der Waals surface area (Å²) < 4.78 is 99.6. The Balaban J connectivity index is 1.04. The van der Waals surface area contributed by atoms with E-state index in [9.17, 15) is 152 Å². The lowest BCUT2D eigenvalue weighted by Crippen LogP contribution is -2.71. The zero-order valence-electron chi connectivity index (χ0n) is 60.8. The molecule has 0 aromatic rings. The van der Waals surface area contributed by atoms with Crippen LogP contribution in [0.5, 0.6) is 0 Å². The zero-order valence-corrected chi connectivity index (χ0v) is 60.8. The number of aliphatic carboxylic acids is 1. The van der Waals surface area contributed by atoms with Crippen LogP contribution in [0.2, 0.25) is 0 Å². The maximum Gasteiger partial charge on any atom is 0.364 e. The van der Waals surface area contributed by atoms with Crippen molar-refractivity contribution in [1.29, 1.82) is 0 Å². The minimum Gasteiger partial charge on any atom is -0.477 e. The van der Waals surface area contributed by atoms with Gasteiger partial charge in [0.1, 0.15) is 201 Å². The van der Waals surface area contributed by atoms with Crippen LogP contribution in [0, 0.1) is 0 Å². The minimum atomic E-state index is -3.34. The fourth-order valence-electron chi connectivity index (χ4n) is 14.6. The van der Waals surface area contributed by atoms with Gasteiger partial charge in [-0.25, -0.2) is 4.79 Å². The first-order valence-corrected chi connectivity index (χ1v) is 36.0. The Hall–Kier alpha value is -3.80. The molecule has 0 saturated carbocycles. The number of aliphatic hydroxyl groups is 25. The molecule has 9 saturated heterocycles. The van der Waals surface area contributed by atoms with Gasteiger partial charge in [-0.1, -0.05) is 0 Å². The van der Waals surface area contributed by atoms with Crippen LogP contribution >= 0.6 is 0 Å². The second kappa shape index (κ2) is 39.6. The topological polar surface area (TPSA) is 787 Å². The van der Waals surface area contributed by atoms with Crippen molar-refractivity contribution in [3.8, 4) is 0 Å². The van der Waals surface area contributed by atoms with Crippen LogP contribution in [0.1, 0.15) is 41.0 Å². The van der Waals surface area contributed by atoms with E-state index in [0.717, 1.165) is 20.8 Å². The molecule has 654 valence electrons. The Morgan fingerprint density at radius 3 is 1.31 bits per heavy atom. The predicted octanol–water partition coefficient (Wildman–Crippen LogP) is -18.9. The van der Waals surface area contributed by atoms with Crippen molar-refractivity contribution in [3.05, 3.63) is 0 Å². The third-order valence-corrected chi connectivity index (χ3v) is 20.9. The highest BCUT2D eigenvalue weighted by atomic mass is 16.8. The van der Waals surface area contributed by atoms with Gasteiger partial charge in [0.25, 0.3) is 5.79 Å². The normalized spacial score (nSPS) is 49.2. The average Bonchev–Trinajstić information content (AvgIpc) is 0.756. The molecule has 0 aromatic heterocycles. The number of carbonyl (C=O) groups excluding carboxylic acids is 3. The quantitative estimate of drug-likeness (QED) is 0.0331. The van der Waals surface area contributed by atoms with E-state index in [1.165, 1.54) is 13.8 Å². The lowest BCUT2D eigenvalue weighted by atomic mass is 9.88. The van der Waals surface area contributed by atoms with E-state index < -0.39 is 358 Å². The molecule has 50 nitrogen and oxygen atoms in total. The van der Waals surface area contributed by atoms with Crippen molar-refractivity contribution < 1.29 is 232 Å². The second-order valence-corrected chi connectivity index (χ2v) is 28.8. The summed E-state index contributed by atoms with van der Waals surface area (Å²) >= 11 is 0. The maximum absolute atomic E-state index is 13.4. The molecule has 113 heavy (non-hydrogen) atoms. The Bertz CT molecular complexity index is 3040. The van der Waals surface area contributed by atoms with E-state index >= 15 is 0 Å². The standard InChI is InChI=1S/C63H105N3O47/c1-14-31(79)39(87)52(54(94)98-14)111-60-44(92)50(35(83)23(10-70)102-60)109-56-29(66-18(5)75)48(34(82)22(9-69)100-56)108-58-43(91)41(89)47(106-59-45(93)51(36(84)24(11-71)101-59)110-57-42(90)38(86)30(78)15(2)99-57)26(105-58)13-97-55-28(65-17(4)74)37(85)46(25(12-72)104-55)107-61-53(40(88)33(81)21(8-68)103-61)113-63(62(95)96)6-19(76)27(64-16(3)73)49(112-63)32(80)20(77)7-67/h14-15,19-61,67-72,76-94H,6-13H2,1-5H3,(H,64,73)(H,65,74)(H,66,75)(H,95,96)/t14-,15-,19-,20+,21+,22+,23+,24+,25+,26+,27+,28+,29+,30+,31+,32+,33-,34+,35-,36+,37+,38+,39+,40-,41+,42-,43+,44+,45+,46+,47-,48+,49+,50-,51-,52-,53+,54?,55+,56-,57-,58-,59-,60+,61-,63-/m0/s1. The third-order valence-electron chi connectivity index (χ3n) is 20.9. The van der Waals surface area contributed by atoms with Gasteiger partial charge in [-0.15, -0.1) is 0 Å². The molecule has 1 unspecified atom stereocenters. The summed E-state index contributed by atoms with van der Waals surface area (Å²) in [6, 6.07) is -5.81. The van der Waals surface area contributed by atoms with Gasteiger partial charge in [0, 0.05) is 27.2 Å². The summed E-state index contributed by atoms with van der Waals surface area (Å²) in [6.45, 7) is -2.94. The number of amides is 3. The number of carbonyl (C=O) groups is 4. The van der Waals surface area contributed by atoms with E-state index in [1.807, 2.05) is 0 Å². The van der Waals surface area contributed by atoms with Crippen LogP contribution in [0.25, 0.3) is 0 Å². The molecule has 9 heterocycles. The van der Waals surface area contributed by atoms with Crippen molar-refractivity contribution in [2.45, 2.75) is 323 Å². The minimum absolute atomic E-state index is 0.887. The van der Waals surface area contributed by atoms with Gasteiger partial charge in [0.2, 0.25) is 17.7 Å². The summed E-state index contributed by atoms with van der Waals surface area (Å²) in [5, 5.41) is 296. The largest absolute Gasteiger partial charge is 0.477 e. The van der Waals surface area contributed by atoms with Crippen molar-refractivity contribution in [2.24, 2.45) is 0 Å². The Labute approximate surface area is 639 Å². The molecule has 0 radical (unpaired) electrons. The number of ether oxygens (including phenoxy) is 17. The van der Waals surface area contributed by atoms with Crippen molar-refractivity contribution in [1.82, 2.24) is 16.0 Å². The highest BCUT2D eigenvalue weighted by Crippen LogP contribution is 2.42. The van der Waals surface area contributed by atoms with Gasteiger partial charge in [0.05, 0.1) is 70.6 Å². The first-order valence-electron chi connectivity index (χ1n) is 36.0. The van der Waals surface area contributed by atoms with E-state index in [2.05, 4.69) is 16.0 Å². The Morgan fingerprint density at radius 1 is 0.381 bits per heavy atom. The van der Waals surface area contributed by atoms with Gasteiger partial charge >= 0.3 is 5.97 Å². The molecule has 9 aliphatic rings. The SMILES string of the molecule is CC(=O)N[C@H]1[C@H](OC[C@H]2O[C@@H](O[C@H]3[C@H](O)[C@@H](CO)O[C@@H](O[C@H]4[C@@H](O)[C@@H](CO)O[C@H](O[C@@H]5C(O)O[C@@H](C)[C@@H](O)[C@H]5O)[C@@H]4O)[C@@H]3NC(C)=O)[C@H](O)[C@@H](O)[C@H]2O[C@@H]2O[C@H](CO)[C@@H](O)[C@H](O[C@@H]3O[C@@H](C)[C@@H](O)[C@@H](O)[C@@H]3O)[C@H]2O)O[C@H](CO)[C@@H](O[C@@H]2O[C@H](CO)[C@H](O)[C@H](O)[C@H]2O[C@]2(C(=O)O)C[C@H](O)[C@@H](NC(C)=O)[C@H]([C@H](O)[C@H](O)CO)O2)[C@@H]1O. The molecule has 9 rings (SSSR count). The van der Waals surface area contributed by atoms with Gasteiger partial charge in [-0.2, -0.15) is 0 Å². The number of nitrogens with one attached hydrogen (secondary N) is 3. The first kappa shape index (κ1) is 93.1. The van der Waals surface area contributed by atoms with Crippen LogP contribution < -0.4 is 16.0 Å². The number of carboxylic acid groups (broad SMARTS) is 1. The van der Waals surface area contributed by atoms with Crippen LogP contribution in [0.4, 0.5) is 0 Å². The molecule has 29 N–H and O–H groups in total. The number of hydrogen-bond donors (Lipinski definition) is 29. The zero-order chi connectivity index (χ0) is 83.6. The van der Waals surface area contributed by atoms with Crippen molar-refractivity contribution in [2.75, 3.05) is 46.2 Å². The van der Waals surface area contributed by atoms with Crippen LogP contribution in [0.15, 0.2) is 0 Å². The summed E-state index contributed by atoms with van der Waals surface area (Å²) in [5.74, 6) is -8.42. The molecule has 0 spiro atoms. The lowest BCUT2D eigenvalue weighted by Gasteiger charge is -2.51. The van der Waals surface area contributed by atoms with Crippen molar-refractivity contribution >= 4 is 23.7 Å². The number of aliphatic hydroxyl groups excluding tert-OH is 25. The van der Waals surface area contributed by atoms with Crippen LogP contribution in [-0.4, -0.2) is 484 Å². The smallest absolute Gasteiger partial charge is 0.364 e. The fourth-order valence-corrected chi connectivity index (χ4v) is 14.6. The molecular weight excluding hydrogens is 1550 g/mol. The number of carboxylic acids is 1. The fraction of sp³-hybridized carbons (Fsp3) is 0.937. The highest BCUT2D eigenvalue weighted by molar-refractivity contribution is 5.77. The molecule has 3 amide bonds. The molecule has 9 fully saturated rings. The number of rotatable bonds is 29. The van der Waals surface area contributed by atoms with Crippen LogP contribution in [-0.2, 0) is 99.7 Å². The number of hydrogen-bond acceptors (Lipinski definition) is 46. The molecule has 0 bridgehead atoms. The van der Waals surface area contributed by atoms with Gasteiger partial charge in [0.15, 0.2) is 50.3 Å². The van der Waals surface area contributed by atoms with E-state index in [-0.39, 0.29) is 0 Å². The van der Waals surface area contributed by atoms with Crippen LogP contribution in [0.3, 0.4) is 0 Å². The first-order chi connectivity index (χ1) is 53.2. The van der Waals surface area contributed by atoms with E-state index in [0.29, 0.717) is 0 Å². The monoisotopic (exact) mass is 1660 g/mol. The third kappa shape index (κ3) is 20.1. The van der Waals surface area contributed by atoms with Crippen molar-refractivity contribution in [3.63, 3.8) is 0 Å². The maximum atomic E-state index is 13.4. The molecule has 50 heteroatoms. The predicted molar refractivity (Wildman–Crippen MR) is 346 cm³/mol. The second-order valence-electron chi connectivity index (χ2n) is 28.8. The molecule has 0 aromatic carbocycles. The molecule has 0 aliphatic carbocycles. The molecule has 9 aliphatic heterocycles. The van der Waals surface area contributed by atoms with Gasteiger partial charge in [-0.3, -0.25) is 14.4 Å². The Kier molecular flexibility index (Phi) is 32.6. The summed E-state index contributed by atoms with van der Waals surface area (Å²) in [6.07, 6.45) is -89.4. The van der Waals surface area contributed by atoms with Gasteiger partial charge in [-0.05, 0) is 13.8 Å². The van der Waals surface area contributed by atoms with E-state index in [1.54, 1.807) is 0 Å². The summed E-state index contributed by atoms with van der Waals surface area (Å²) in [4.78, 5) is 52.1. The lowest BCUT2D eigenvalue weighted by molar-refractivity contribution is -0.396. The average molecular weight is 1660 g/mol. The summed E-state index contributed by atoms with van der Waals surface area (Å²) in [5.41, 5.74) is 0. The van der Waals surface area contributed by atoms with Gasteiger partial charge < -0.3 is 229 Å².